The molecule has 0 radical (unpaired) electrons. The van der Waals surface area contributed by atoms with Crippen LogP contribution in [0.15, 0.2) is 64.5 Å². The number of ether oxygens (including phenoxy) is 1. The summed E-state index contributed by atoms with van der Waals surface area (Å²) in [4.78, 5) is 5.67. The molecule has 0 aliphatic heterocycles. The van der Waals surface area contributed by atoms with E-state index in [0.29, 0.717) is 4.75 Å². The van der Waals surface area contributed by atoms with E-state index in [1.165, 1.54) is 23.3 Å². The fourth-order valence-electron chi connectivity index (χ4n) is 2.59. The van der Waals surface area contributed by atoms with E-state index in [1.807, 2.05) is 30.9 Å². The number of thioether (sulfide) groups is 1. The van der Waals surface area contributed by atoms with E-state index >= 15 is 0 Å². The molecule has 140 valence electrons. The van der Waals surface area contributed by atoms with E-state index in [4.69, 9.17) is 4.74 Å². The van der Waals surface area contributed by atoms with Crippen molar-refractivity contribution < 1.29 is 4.74 Å². The van der Waals surface area contributed by atoms with Crippen LogP contribution < -0.4 is 15.4 Å². The lowest BCUT2D eigenvalue weighted by Crippen LogP contribution is -2.40. The van der Waals surface area contributed by atoms with Gasteiger partial charge in [-0.05, 0) is 42.7 Å². The monoisotopic (exact) mass is 483 g/mol. The highest BCUT2D eigenvalue weighted by atomic mass is 127. The molecule has 0 bridgehead atoms. The number of methoxy groups -OCH3 is 1. The number of aliphatic imine (C=N–C) groups is 1. The van der Waals surface area contributed by atoms with E-state index in [2.05, 4.69) is 58.1 Å². The van der Waals surface area contributed by atoms with Gasteiger partial charge in [-0.25, -0.2) is 0 Å². The maximum atomic E-state index is 5.19. The molecule has 2 N–H and O–H groups in total. The number of rotatable bonds is 7. The van der Waals surface area contributed by atoms with Gasteiger partial charge in [-0.3, -0.25) is 4.99 Å². The Kier molecular flexibility index (Phi) is 8.09. The average Bonchev–Trinajstić information content (AvgIpc) is 3.42. The van der Waals surface area contributed by atoms with Gasteiger partial charge < -0.3 is 15.4 Å². The van der Waals surface area contributed by atoms with Crippen LogP contribution in [0.3, 0.4) is 0 Å². The molecule has 2 aromatic carbocycles. The topological polar surface area (TPSA) is 45.7 Å². The van der Waals surface area contributed by atoms with Crippen molar-refractivity contribution >= 4 is 41.7 Å². The first kappa shape index (κ1) is 20.9. The van der Waals surface area contributed by atoms with Gasteiger partial charge in [0.05, 0.1) is 7.11 Å². The second-order valence-electron chi connectivity index (χ2n) is 6.23. The van der Waals surface area contributed by atoms with Gasteiger partial charge in [-0.15, -0.1) is 35.7 Å². The zero-order valence-electron chi connectivity index (χ0n) is 15.2. The van der Waals surface area contributed by atoms with Crippen LogP contribution in [-0.2, 0) is 6.54 Å². The summed E-state index contributed by atoms with van der Waals surface area (Å²) in [7, 11) is 3.49. The Hall–Kier alpha value is -1.41. The summed E-state index contributed by atoms with van der Waals surface area (Å²) in [6.45, 7) is 1.66. The predicted octanol–water partition coefficient (Wildman–Crippen LogP) is 4.30. The van der Waals surface area contributed by atoms with Crippen molar-refractivity contribution in [3.05, 3.63) is 60.2 Å². The van der Waals surface area contributed by atoms with Crippen LogP contribution in [0.4, 0.5) is 0 Å². The van der Waals surface area contributed by atoms with Crippen molar-refractivity contribution in [1.29, 1.82) is 0 Å². The lowest BCUT2D eigenvalue weighted by molar-refractivity contribution is 0.414. The third-order valence-corrected chi connectivity index (χ3v) is 5.80. The summed E-state index contributed by atoms with van der Waals surface area (Å²) in [6.07, 6.45) is 2.49. The Morgan fingerprint density at radius 1 is 1.08 bits per heavy atom. The largest absolute Gasteiger partial charge is 0.497 e. The van der Waals surface area contributed by atoms with Crippen LogP contribution in [0.1, 0.15) is 18.4 Å². The molecule has 1 fully saturated rings. The van der Waals surface area contributed by atoms with Crippen molar-refractivity contribution in [1.82, 2.24) is 10.6 Å². The Balaban J connectivity index is 0.00000243. The normalized spacial score (nSPS) is 14.9. The predicted molar refractivity (Wildman–Crippen MR) is 121 cm³/mol. The number of nitrogens with zero attached hydrogens (tertiary/aromatic N) is 1. The average molecular weight is 483 g/mol. The molecule has 0 amide bonds. The molecule has 0 spiro atoms. The molecule has 0 heterocycles. The van der Waals surface area contributed by atoms with Gasteiger partial charge in [0.1, 0.15) is 5.75 Å². The van der Waals surface area contributed by atoms with E-state index in [9.17, 15) is 0 Å². The summed E-state index contributed by atoms with van der Waals surface area (Å²) in [6, 6.07) is 18.7. The van der Waals surface area contributed by atoms with Crippen LogP contribution >= 0.6 is 35.7 Å². The summed E-state index contributed by atoms with van der Waals surface area (Å²) >= 11 is 1.97. The molecule has 0 unspecified atom stereocenters. The van der Waals surface area contributed by atoms with E-state index < -0.39 is 0 Å². The van der Waals surface area contributed by atoms with Gasteiger partial charge in [-0.2, -0.15) is 0 Å². The molecule has 0 saturated heterocycles. The zero-order chi connectivity index (χ0) is 17.5. The van der Waals surface area contributed by atoms with Gasteiger partial charge in [-0.1, -0.05) is 30.3 Å². The minimum absolute atomic E-state index is 0. The summed E-state index contributed by atoms with van der Waals surface area (Å²) in [5.41, 5.74) is 1.20. The third kappa shape index (κ3) is 6.09. The van der Waals surface area contributed by atoms with Crippen molar-refractivity contribution in [2.45, 2.75) is 29.0 Å². The van der Waals surface area contributed by atoms with Crippen LogP contribution in [0, 0.1) is 0 Å². The molecule has 26 heavy (non-hydrogen) atoms. The maximum Gasteiger partial charge on any atom is 0.191 e. The van der Waals surface area contributed by atoms with E-state index in [1.54, 1.807) is 7.11 Å². The highest BCUT2D eigenvalue weighted by Crippen LogP contribution is 2.51. The molecule has 2 aromatic rings. The van der Waals surface area contributed by atoms with Gasteiger partial charge in [0.25, 0.3) is 0 Å². The van der Waals surface area contributed by atoms with Gasteiger partial charge >= 0.3 is 0 Å². The molecule has 1 aliphatic rings. The van der Waals surface area contributed by atoms with Crippen LogP contribution in [0.2, 0.25) is 0 Å². The fraction of sp³-hybridized carbons (Fsp3) is 0.350. The molecule has 1 saturated carbocycles. The molecule has 6 heteroatoms. The lowest BCUT2D eigenvalue weighted by atomic mass is 10.2. The van der Waals surface area contributed by atoms with Gasteiger partial charge in [0, 0.05) is 29.8 Å². The lowest BCUT2D eigenvalue weighted by Gasteiger charge is -2.18. The minimum atomic E-state index is 0. The van der Waals surface area contributed by atoms with Crippen molar-refractivity contribution in [2.24, 2.45) is 4.99 Å². The highest BCUT2D eigenvalue weighted by molar-refractivity contribution is 14.0. The summed E-state index contributed by atoms with van der Waals surface area (Å²) in [5, 5.41) is 6.85. The molecular weight excluding hydrogens is 457 g/mol. The molecule has 4 nitrogen and oxygen atoms in total. The zero-order valence-corrected chi connectivity index (χ0v) is 18.3. The Morgan fingerprint density at radius 3 is 2.35 bits per heavy atom. The number of hydrogen-bond acceptors (Lipinski definition) is 3. The van der Waals surface area contributed by atoms with Crippen LogP contribution in [0.25, 0.3) is 0 Å². The van der Waals surface area contributed by atoms with Crippen LogP contribution in [0.5, 0.6) is 5.75 Å². The van der Waals surface area contributed by atoms with Crippen molar-refractivity contribution in [3.63, 3.8) is 0 Å². The second-order valence-corrected chi connectivity index (χ2v) is 7.77. The third-order valence-electron chi connectivity index (χ3n) is 4.31. The Bertz CT molecular complexity index is 703. The Labute approximate surface area is 177 Å². The molecule has 1 aliphatic carbocycles. The van der Waals surface area contributed by atoms with E-state index in [-0.39, 0.29) is 24.0 Å². The van der Waals surface area contributed by atoms with Crippen molar-refractivity contribution in [3.8, 4) is 5.75 Å². The standard InChI is InChI=1S/C20H25N3OS.HI/c1-21-19(22-14-16-8-10-17(24-2)11-9-16)23-15-20(12-13-20)25-18-6-4-3-5-7-18;/h3-11H,12-15H2,1-2H3,(H2,21,22,23);1H. The quantitative estimate of drug-likeness (QED) is 0.350. The van der Waals surface area contributed by atoms with E-state index in [0.717, 1.165) is 24.8 Å². The SMILES string of the molecule is CN=C(NCc1ccc(OC)cc1)NCC1(Sc2ccccc2)CC1.I. The van der Waals surface area contributed by atoms with Gasteiger partial charge in [0.2, 0.25) is 0 Å². The van der Waals surface area contributed by atoms with Crippen LogP contribution in [-0.4, -0.2) is 31.4 Å². The highest BCUT2D eigenvalue weighted by Gasteiger charge is 2.43. The molecule has 0 aromatic heterocycles. The van der Waals surface area contributed by atoms with Crippen molar-refractivity contribution in [2.75, 3.05) is 20.7 Å². The molecular formula is C20H26IN3OS. The first-order chi connectivity index (χ1) is 12.2. The number of nitrogens with one attached hydrogen (secondary N) is 2. The summed E-state index contributed by atoms with van der Waals surface area (Å²) < 4.78 is 5.49. The number of guanidine groups is 1. The molecule has 0 atom stereocenters. The second kappa shape index (κ2) is 10.1. The number of halogens is 1. The first-order valence-electron chi connectivity index (χ1n) is 8.54. The maximum absolute atomic E-state index is 5.19. The number of benzene rings is 2. The minimum Gasteiger partial charge on any atom is -0.497 e. The number of hydrogen-bond donors (Lipinski definition) is 2. The fourth-order valence-corrected chi connectivity index (χ4v) is 3.83. The molecule has 3 rings (SSSR count). The first-order valence-corrected chi connectivity index (χ1v) is 9.36. The Morgan fingerprint density at radius 2 is 1.77 bits per heavy atom. The smallest absolute Gasteiger partial charge is 0.191 e. The summed E-state index contributed by atoms with van der Waals surface area (Å²) in [5.74, 6) is 1.72. The van der Waals surface area contributed by atoms with Gasteiger partial charge in [0.15, 0.2) is 5.96 Å².